The summed E-state index contributed by atoms with van der Waals surface area (Å²) >= 11 is 0. The molecule has 2 fully saturated rings. The van der Waals surface area contributed by atoms with Crippen LogP contribution in [0, 0.1) is 13.8 Å². The fourth-order valence-corrected chi connectivity index (χ4v) is 17.9. The SMILES string of the molecule is COc1ccc(C(O[C@H]2C[C@H](n3cc(C)c(=O)[nH]c3=O)O[C@@H]2COP(=O)(Cc2ccccc2)O[C@H]2C[C@H](n3cc(C)c(=O)[nH]c3=O)O[C@@H]2CO[Si](c2ccccc2)(c2ccccc2)C(C)(C)C)(c2ccccc2)c2ccc(OC)cc2)cc1. The maximum Gasteiger partial charge on any atom is 0.335 e. The highest BCUT2D eigenvalue weighted by Gasteiger charge is 2.53. The van der Waals surface area contributed by atoms with E-state index in [1.54, 1.807) is 28.1 Å². The van der Waals surface area contributed by atoms with Gasteiger partial charge in [-0.3, -0.25) is 33.3 Å². The van der Waals surface area contributed by atoms with Gasteiger partial charge in [-0.1, -0.05) is 166 Å². The summed E-state index contributed by atoms with van der Waals surface area (Å²) in [4.78, 5) is 57.6. The first-order valence-corrected chi connectivity index (χ1v) is 31.3. The number of benzene rings is 6. The molecule has 1 unspecified atom stereocenters. The Labute approximate surface area is 482 Å². The second-order valence-corrected chi connectivity index (χ2v) is 28.3. The molecule has 6 aromatic carbocycles. The highest BCUT2D eigenvalue weighted by molar-refractivity contribution is 7.53. The van der Waals surface area contributed by atoms with Gasteiger partial charge >= 0.3 is 19.0 Å². The minimum atomic E-state index is -4.37. The van der Waals surface area contributed by atoms with Crippen LogP contribution in [-0.4, -0.2) is 79.3 Å². The number of nitrogens with one attached hydrogen (secondary N) is 2. The lowest BCUT2D eigenvalue weighted by Crippen LogP contribution is -2.67. The van der Waals surface area contributed by atoms with E-state index in [-0.39, 0.29) is 43.3 Å². The third-order valence-electron chi connectivity index (χ3n) is 15.6. The van der Waals surface area contributed by atoms with Crippen LogP contribution in [0.25, 0.3) is 0 Å². The molecule has 17 nitrogen and oxygen atoms in total. The van der Waals surface area contributed by atoms with E-state index in [2.05, 4.69) is 55.0 Å². The van der Waals surface area contributed by atoms with E-state index in [4.69, 9.17) is 37.2 Å². The van der Waals surface area contributed by atoms with E-state index >= 15 is 4.57 Å². The molecule has 0 aliphatic carbocycles. The highest BCUT2D eigenvalue weighted by atomic mass is 31.2. The van der Waals surface area contributed by atoms with Crippen LogP contribution >= 0.6 is 7.60 Å². The Bertz CT molecular complexity index is 3700. The summed E-state index contributed by atoms with van der Waals surface area (Å²) in [5, 5.41) is 1.62. The first kappa shape index (κ1) is 58.7. The van der Waals surface area contributed by atoms with Crippen LogP contribution in [-0.2, 0) is 44.0 Å². The third kappa shape index (κ3) is 12.3. The van der Waals surface area contributed by atoms with Gasteiger partial charge in [0, 0.05) is 36.4 Å². The van der Waals surface area contributed by atoms with Crippen LogP contribution < -0.4 is 42.3 Å². The van der Waals surface area contributed by atoms with Gasteiger partial charge in [-0.25, -0.2) is 9.59 Å². The van der Waals surface area contributed by atoms with Crippen molar-refractivity contribution < 1.29 is 41.7 Å². The predicted molar refractivity (Wildman–Crippen MR) is 319 cm³/mol. The van der Waals surface area contributed by atoms with Crippen molar-refractivity contribution in [3.05, 3.63) is 257 Å². The number of H-pyrrole nitrogens is 2. The van der Waals surface area contributed by atoms with Crippen molar-refractivity contribution in [3.63, 3.8) is 0 Å². The zero-order valence-electron chi connectivity index (χ0n) is 47.5. The van der Waals surface area contributed by atoms with Crippen molar-refractivity contribution in [3.8, 4) is 11.5 Å². The first-order valence-electron chi connectivity index (χ1n) is 27.6. The quantitative estimate of drug-likeness (QED) is 0.0393. The Hall–Kier alpha value is -7.51. The Morgan fingerprint density at radius 2 is 0.988 bits per heavy atom. The molecule has 0 radical (unpaired) electrons. The molecule has 0 amide bonds. The number of aryl methyl sites for hydroxylation is 2. The van der Waals surface area contributed by atoms with Gasteiger partial charge in [0.05, 0.1) is 45.8 Å². The standard InChI is InChI=1S/C64H69N4O13PSi/c1-43-38-67(61(71)65-59(43)69)57-36-53(80-64(46-22-14-9-15-23-46,47-28-32-49(74-6)33-29-47)48-30-34-50(75-7)35-31-48)55(78-57)40-76-82(73,42-45-20-12-8-13-21-45)81-54-37-58(68-39-44(2)60(70)66-62(68)72)79-56(54)41-77-83(63(3,4)5,51-24-16-10-17-25-51)52-26-18-11-19-27-52/h8-35,38-39,53-58H,36-37,40-42H2,1-7H3,(H,65,69,71)(H,66,70,72)/t53-,54-,55+,56+,57+,58+,82?/m0/s1. The summed E-state index contributed by atoms with van der Waals surface area (Å²) in [6.07, 6.45) is -3.13. The molecule has 4 heterocycles. The van der Waals surface area contributed by atoms with Gasteiger partial charge in [0.1, 0.15) is 41.8 Å². The molecule has 432 valence electrons. The van der Waals surface area contributed by atoms with Crippen molar-refractivity contribution in [1.29, 1.82) is 0 Å². The normalized spacial score (nSPS) is 20.0. The van der Waals surface area contributed by atoms with Gasteiger partial charge in [-0.05, 0) is 75.8 Å². The molecule has 0 saturated carbocycles. The Morgan fingerprint density at radius 3 is 1.45 bits per heavy atom. The van der Waals surface area contributed by atoms with E-state index in [1.807, 2.05) is 146 Å². The Balaban J connectivity index is 1.06. The minimum Gasteiger partial charge on any atom is -0.497 e. The summed E-state index contributed by atoms with van der Waals surface area (Å²) < 4.78 is 72.7. The first-order chi connectivity index (χ1) is 39.9. The summed E-state index contributed by atoms with van der Waals surface area (Å²) in [7, 11) is -4.41. The summed E-state index contributed by atoms with van der Waals surface area (Å²) in [5.74, 6) is 1.25. The number of nitrogens with zero attached hydrogens (tertiary/aromatic N) is 2. The molecule has 2 saturated heterocycles. The molecule has 2 aliphatic heterocycles. The maximum absolute atomic E-state index is 16.3. The number of hydrogen-bond donors (Lipinski definition) is 2. The number of aromatic nitrogens is 4. The second kappa shape index (κ2) is 24.7. The van der Waals surface area contributed by atoms with Gasteiger partial charge in [-0.15, -0.1) is 0 Å². The van der Waals surface area contributed by atoms with E-state index in [0.29, 0.717) is 17.1 Å². The largest absolute Gasteiger partial charge is 0.497 e. The van der Waals surface area contributed by atoms with Crippen molar-refractivity contribution >= 4 is 26.3 Å². The van der Waals surface area contributed by atoms with Crippen molar-refractivity contribution in [1.82, 2.24) is 19.1 Å². The van der Waals surface area contributed by atoms with E-state index in [0.717, 1.165) is 27.1 Å². The van der Waals surface area contributed by atoms with Crippen LogP contribution in [0.15, 0.2) is 201 Å². The Kier molecular flexibility index (Phi) is 17.5. The molecule has 2 aliphatic rings. The number of methoxy groups -OCH3 is 2. The number of rotatable bonds is 21. The molecule has 0 spiro atoms. The minimum absolute atomic E-state index is 0.00778. The molecule has 8 aromatic rings. The molecule has 7 atom stereocenters. The highest BCUT2D eigenvalue weighted by Crippen LogP contribution is 2.56. The predicted octanol–water partition coefficient (Wildman–Crippen LogP) is 9.04. The third-order valence-corrected chi connectivity index (χ3v) is 22.5. The maximum atomic E-state index is 16.3. The van der Waals surface area contributed by atoms with E-state index < -0.39 is 85.9 Å². The fraction of sp³-hybridized carbons (Fsp3) is 0.312. The van der Waals surface area contributed by atoms with Crippen molar-refractivity contribution in [2.75, 3.05) is 27.4 Å². The molecule has 0 bridgehead atoms. The van der Waals surface area contributed by atoms with Crippen LogP contribution in [0.4, 0.5) is 0 Å². The number of hydrogen-bond acceptors (Lipinski definition) is 13. The monoisotopic (exact) mass is 1160 g/mol. The molecule has 83 heavy (non-hydrogen) atoms. The average molecular weight is 1160 g/mol. The van der Waals surface area contributed by atoms with Gasteiger partial charge in [0.25, 0.3) is 19.4 Å². The average Bonchev–Trinajstić information content (AvgIpc) is 3.47. The molecular weight excluding hydrogens is 1090 g/mol. The van der Waals surface area contributed by atoms with Crippen LogP contribution in [0.3, 0.4) is 0 Å². The van der Waals surface area contributed by atoms with Gasteiger partial charge in [0.2, 0.25) is 0 Å². The van der Waals surface area contributed by atoms with Gasteiger partial charge < -0.3 is 37.2 Å². The topological polar surface area (TPSA) is 201 Å². The molecular formula is C64H69N4O13PSi. The summed E-state index contributed by atoms with van der Waals surface area (Å²) in [6, 6.07) is 54.3. The zero-order valence-corrected chi connectivity index (χ0v) is 49.4. The number of aromatic amines is 2. The van der Waals surface area contributed by atoms with Crippen molar-refractivity contribution in [2.45, 2.75) is 101 Å². The fourth-order valence-electron chi connectivity index (χ4n) is 11.4. The lowest BCUT2D eigenvalue weighted by molar-refractivity contribution is -0.0984. The smallest absolute Gasteiger partial charge is 0.335 e. The van der Waals surface area contributed by atoms with Crippen LogP contribution in [0.2, 0.25) is 5.04 Å². The van der Waals surface area contributed by atoms with Gasteiger partial charge in [0.15, 0.2) is 0 Å². The van der Waals surface area contributed by atoms with E-state index in [9.17, 15) is 19.2 Å². The summed E-state index contributed by atoms with van der Waals surface area (Å²) in [5.41, 5.74) is -0.382. The molecule has 19 heteroatoms. The number of ether oxygens (including phenoxy) is 5. The summed E-state index contributed by atoms with van der Waals surface area (Å²) in [6.45, 7) is 9.26. The molecule has 10 rings (SSSR count). The Morgan fingerprint density at radius 1 is 0.566 bits per heavy atom. The van der Waals surface area contributed by atoms with Crippen molar-refractivity contribution in [2.24, 2.45) is 0 Å². The zero-order chi connectivity index (χ0) is 58.5. The lowest BCUT2D eigenvalue weighted by Gasteiger charge is -2.43. The molecule has 2 N–H and O–H groups in total. The van der Waals surface area contributed by atoms with Crippen LogP contribution in [0.1, 0.15) is 79.4 Å². The van der Waals surface area contributed by atoms with Gasteiger partial charge in [-0.2, -0.15) is 0 Å². The molecule has 2 aromatic heterocycles. The lowest BCUT2D eigenvalue weighted by atomic mass is 9.79. The second-order valence-electron chi connectivity index (χ2n) is 22.0. The van der Waals surface area contributed by atoms with Crippen LogP contribution in [0.5, 0.6) is 11.5 Å². The van der Waals surface area contributed by atoms with E-state index in [1.165, 1.54) is 21.5 Å².